The van der Waals surface area contributed by atoms with E-state index < -0.39 is 11.7 Å². The summed E-state index contributed by atoms with van der Waals surface area (Å²) in [7, 11) is 0. The fourth-order valence-corrected chi connectivity index (χ4v) is 2.44. The molecule has 0 aromatic heterocycles. The van der Waals surface area contributed by atoms with E-state index in [-0.39, 0.29) is 16.8 Å². The minimum atomic E-state index is -4.40. The van der Waals surface area contributed by atoms with E-state index in [1.165, 1.54) is 12.1 Å². The first kappa shape index (κ1) is 18.7. The van der Waals surface area contributed by atoms with Crippen LogP contribution in [0.1, 0.15) is 45.6 Å². The van der Waals surface area contributed by atoms with E-state index in [2.05, 4.69) is 24.5 Å². The molecule has 1 aromatic rings. The van der Waals surface area contributed by atoms with Crippen LogP contribution in [0.25, 0.3) is 0 Å². The first-order chi connectivity index (χ1) is 10.2. The summed E-state index contributed by atoms with van der Waals surface area (Å²) in [4.78, 5) is 0. The molecular weight excluding hydrogens is 309 g/mol. The van der Waals surface area contributed by atoms with Gasteiger partial charge in [-0.05, 0) is 43.6 Å². The smallest absolute Gasteiger partial charge is 0.360 e. The fraction of sp³-hybridized carbons (Fsp3) is 0.562. The van der Waals surface area contributed by atoms with Crippen LogP contribution in [0.15, 0.2) is 24.3 Å². The Morgan fingerprint density at radius 3 is 2.36 bits per heavy atom. The van der Waals surface area contributed by atoms with Gasteiger partial charge in [0.1, 0.15) is 0 Å². The summed E-state index contributed by atoms with van der Waals surface area (Å²) < 4.78 is 38.7. The minimum Gasteiger partial charge on any atom is -0.360 e. The number of hydrogen-bond donors (Lipinski definition) is 2. The van der Waals surface area contributed by atoms with Gasteiger partial charge in [-0.3, -0.25) is 0 Å². The molecule has 124 valence electrons. The molecule has 0 radical (unpaired) electrons. The molecule has 0 fully saturated rings. The van der Waals surface area contributed by atoms with Crippen LogP contribution < -0.4 is 10.6 Å². The Balaban J connectivity index is 2.55. The van der Waals surface area contributed by atoms with Gasteiger partial charge >= 0.3 is 6.18 Å². The van der Waals surface area contributed by atoms with E-state index in [0.29, 0.717) is 5.92 Å². The van der Waals surface area contributed by atoms with Crippen molar-refractivity contribution in [1.29, 1.82) is 0 Å². The van der Waals surface area contributed by atoms with E-state index in [4.69, 9.17) is 12.2 Å². The second-order valence-corrected chi connectivity index (χ2v) is 6.28. The Hall–Kier alpha value is -1.30. The molecule has 0 aliphatic rings. The lowest BCUT2D eigenvalue weighted by atomic mass is 10.0. The molecule has 0 heterocycles. The van der Waals surface area contributed by atoms with Crippen LogP contribution in [0.2, 0.25) is 0 Å². The van der Waals surface area contributed by atoms with Gasteiger partial charge in [-0.25, -0.2) is 0 Å². The molecule has 22 heavy (non-hydrogen) atoms. The predicted octanol–water partition coefficient (Wildman–Crippen LogP) is 5.21. The van der Waals surface area contributed by atoms with Gasteiger partial charge in [0.15, 0.2) is 5.11 Å². The molecule has 1 atom stereocenters. The number of thiocarbonyl (C=S) groups is 1. The molecule has 0 spiro atoms. The van der Waals surface area contributed by atoms with E-state index in [1.54, 1.807) is 6.07 Å². The lowest BCUT2D eigenvalue weighted by Gasteiger charge is -2.19. The summed E-state index contributed by atoms with van der Waals surface area (Å²) in [5.74, 6) is 0.649. The van der Waals surface area contributed by atoms with Gasteiger partial charge in [0.25, 0.3) is 0 Å². The third-order valence-corrected chi connectivity index (χ3v) is 3.50. The van der Waals surface area contributed by atoms with Crippen molar-refractivity contribution in [2.24, 2.45) is 5.92 Å². The Morgan fingerprint density at radius 1 is 1.14 bits per heavy atom. The predicted molar refractivity (Wildman–Crippen MR) is 89.0 cm³/mol. The summed E-state index contributed by atoms with van der Waals surface area (Å²) in [5, 5.41) is 5.90. The molecule has 0 saturated carbocycles. The van der Waals surface area contributed by atoms with Crippen molar-refractivity contribution in [1.82, 2.24) is 5.32 Å². The average molecular weight is 332 g/mol. The van der Waals surface area contributed by atoms with Crippen molar-refractivity contribution in [3.05, 3.63) is 29.8 Å². The molecule has 1 aromatic carbocycles. The summed E-state index contributed by atoms with van der Waals surface area (Å²) in [5.41, 5.74) is -0.742. The average Bonchev–Trinajstić information content (AvgIpc) is 2.37. The highest BCUT2D eigenvalue weighted by Gasteiger charge is 2.33. The molecule has 0 saturated heterocycles. The van der Waals surface area contributed by atoms with Crippen molar-refractivity contribution in [3.63, 3.8) is 0 Å². The Kier molecular flexibility index (Phi) is 7.13. The highest BCUT2D eigenvalue weighted by molar-refractivity contribution is 7.80. The summed E-state index contributed by atoms with van der Waals surface area (Å²) in [6.07, 6.45) is -1.28. The number of para-hydroxylation sites is 1. The van der Waals surface area contributed by atoms with Crippen LogP contribution in [-0.4, -0.2) is 11.2 Å². The molecule has 0 bridgehead atoms. The molecular formula is C16H23F3N2S. The van der Waals surface area contributed by atoms with E-state index in [9.17, 15) is 13.2 Å². The van der Waals surface area contributed by atoms with Gasteiger partial charge < -0.3 is 10.6 Å². The minimum absolute atomic E-state index is 0.0260. The van der Waals surface area contributed by atoms with Gasteiger partial charge in [-0.15, -0.1) is 0 Å². The van der Waals surface area contributed by atoms with E-state index in [0.717, 1.165) is 25.3 Å². The van der Waals surface area contributed by atoms with Crippen LogP contribution >= 0.6 is 12.2 Å². The molecule has 6 heteroatoms. The Bertz CT molecular complexity index is 487. The van der Waals surface area contributed by atoms with Crippen molar-refractivity contribution in [2.75, 3.05) is 5.32 Å². The lowest BCUT2D eigenvalue weighted by molar-refractivity contribution is -0.136. The standard InChI is InChI=1S/C16H23F3N2S/c1-11(2)7-6-8-12(3)20-15(22)21-14-10-5-4-9-13(14)16(17,18)19/h4-5,9-12H,6-8H2,1-3H3,(H2,20,21,22). The Morgan fingerprint density at radius 2 is 1.77 bits per heavy atom. The lowest BCUT2D eigenvalue weighted by Crippen LogP contribution is -2.36. The van der Waals surface area contributed by atoms with Crippen LogP contribution in [0.5, 0.6) is 0 Å². The monoisotopic (exact) mass is 332 g/mol. The van der Waals surface area contributed by atoms with E-state index >= 15 is 0 Å². The van der Waals surface area contributed by atoms with Crippen molar-refractivity contribution < 1.29 is 13.2 Å². The number of hydrogen-bond acceptors (Lipinski definition) is 1. The van der Waals surface area contributed by atoms with Crippen molar-refractivity contribution in [2.45, 2.75) is 52.3 Å². The third-order valence-electron chi connectivity index (χ3n) is 3.28. The molecule has 0 aliphatic carbocycles. The third kappa shape index (κ3) is 6.64. The van der Waals surface area contributed by atoms with Crippen LogP contribution in [0.3, 0.4) is 0 Å². The number of benzene rings is 1. The van der Waals surface area contributed by atoms with Gasteiger partial charge in [0, 0.05) is 6.04 Å². The molecule has 2 nitrogen and oxygen atoms in total. The number of halogens is 3. The number of anilines is 1. The second-order valence-electron chi connectivity index (χ2n) is 5.87. The normalized spacial score (nSPS) is 13.0. The summed E-state index contributed by atoms with van der Waals surface area (Å²) in [6, 6.07) is 5.44. The topological polar surface area (TPSA) is 24.1 Å². The second kappa shape index (κ2) is 8.36. The largest absolute Gasteiger partial charge is 0.418 e. The molecule has 0 amide bonds. The fourth-order valence-electron chi connectivity index (χ4n) is 2.13. The maximum Gasteiger partial charge on any atom is 0.418 e. The summed E-state index contributed by atoms with van der Waals surface area (Å²) >= 11 is 5.11. The molecule has 2 N–H and O–H groups in total. The van der Waals surface area contributed by atoms with Gasteiger partial charge in [-0.2, -0.15) is 13.2 Å². The summed E-state index contributed by atoms with van der Waals surface area (Å²) in [6.45, 7) is 6.31. The highest BCUT2D eigenvalue weighted by atomic mass is 32.1. The highest BCUT2D eigenvalue weighted by Crippen LogP contribution is 2.34. The zero-order chi connectivity index (χ0) is 16.8. The maximum absolute atomic E-state index is 12.9. The van der Waals surface area contributed by atoms with Gasteiger partial charge in [-0.1, -0.05) is 38.8 Å². The Labute approximate surface area is 135 Å². The molecule has 0 aliphatic heterocycles. The SMILES string of the molecule is CC(C)CCCC(C)NC(=S)Nc1ccccc1C(F)(F)F. The maximum atomic E-state index is 12.9. The number of alkyl halides is 3. The van der Waals surface area contributed by atoms with Crippen LogP contribution in [-0.2, 0) is 6.18 Å². The van der Waals surface area contributed by atoms with Gasteiger partial charge in [0.2, 0.25) is 0 Å². The number of nitrogens with one attached hydrogen (secondary N) is 2. The number of rotatable bonds is 6. The molecule has 1 unspecified atom stereocenters. The van der Waals surface area contributed by atoms with Crippen LogP contribution in [0.4, 0.5) is 18.9 Å². The first-order valence-corrected chi connectivity index (χ1v) is 7.84. The first-order valence-electron chi connectivity index (χ1n) is 7.44. The molecule has 1 rings (SSSR count). The quantitative estimate of drug-likeness (QED) is 0.700. The van der Waals surface area contributed by atoms with Crippen molar-refractivity contribution in [3.8, 4) is 0 Å². The zero-order valence-electron chi connectivity index (χ0n) is 13.1. The van der Waals surface area contributed by atoms with Crippen molar-refractivity contribution >= 4 is 23.0 Å². The van der Waals surface area contributed by atoms with Crippen LogP contribution in [0, 0.1) is 5.92 Å². The van der Waals surface area contributed by atoms with Gasteiger partial charge in [0.05, 0.1) is 11.3 Å². The van der Waals surface area contributed by atoms with E-state index in [1.807, 2.05) is 6.92 Å². The zero-order valence-corrected chi connectivity index (χ0v) is 13.9.